The lowest BCUT2D eigenvalue weighted by molar-refractivity contribution is -0.160. The van der Waals surface area contributed by atoms with Gasteiger partial charge in [-0.3, -0.25) is 14.4 Å². The van der Waals surface area contributed by atoms with Gasteiger partial charge in [0.15, 0.2) is 0 Å². The van der Waals surface area contributed by atoms with Gasteiger partial charge in [0, 0.05) is 18.8 Å². The van der Waals surface area contributed by atoms with E-state index in [0.717, 1.165) is 51.4 Å². The Labute approximate surface area is 191 Å². The average molecular weight is 448 g/mol. The molecule has 3 N–H and O–H groups in total. The van der Waals surface area contributed by atoms with Crippen molar-refractivity contribution in [3.05, 3.63) is 0 Å². The van der Waals surface area contributed by atoms with Crippen molar-refractivity contribution < 1.29 is 24.6 Å². The van der Waals surface area contributed by atoms with E-state index in [-0.39, 0.29) is 35.3 Å². The SMILES string of the molecule is C[C@H](CCC(=O)NCC(=O)O)[C@H]1CC[C@H]2[C@@H]3C(=O)CC4C[C@H](O)CC[C@]4(C)[C@H]3CC[C@]12C. The molecule has 4 rings (SSSR count). The highest BCUT2D eigenvalue weighted by Crippen LogP contribution is 2.67. The van der Waals surface area contributed by atoms with Gasteiger partial charge in [0.05, 0.1) is 6.10 Å². The first-order chi connectivity index (χ1) is 15.1. The topological polar surface area (TPSA) is 104 Å². The number of amides is 1. The van der Waals surface area contributed by atoms with Crippen LogP contribution in [0.5, 0.6) is 0 Å². The van der Waals surface area contributed by atoms with Crippen molar-refractivity contribution in [3.63, 3.8) is 0 Å². The third kappa shape index (κ3) is 4.01. The maximum absolute atomic E-state index is 13.5. The number of hydrogen-bond acceptors (Lipinski definition) is 4. The Bertz CT molecular complexity index is 767. The summed E-state index contributed by atoms with van der Waals surface area (Å²) in [5.41, 5.74) is 0.330. The van der Waals surface area contributed by atoms with Crippen molar-refractivity contribution in [1.29, 1.82) is 0 Å². The molecule has 0 spiro atoms. The Kier molecular flexibility index (Phi) is 6.47. The molecule has 32 heavy (non-hydrogen) atoms. The van der Waals surface area contributed by atoms with Crippen LogP contribution in [0.4, 0.5) is 0 Å². The summed E-state index contributed by atoms with van der Waals surface area (Å²) in [6, 6.07) is 0. The molecule has 4 fully saturated rings. The van der Waals surface area contributed by atoms with Gasteiger partial charge in [0.2, 0.25) is 5.91 Å². The van der Waals surface area contributed by atoms with E-state index in [4.69, 9.17) is 5.11 Å². The number of Topliss-reactive ketones (excluding diaryl/α,β-unsaturated/α-hetero) is 1. The number of aliphatic carboxylic acids is 1. The molecule has 4 saturated carbocycles. The van der Waals surface area contributed by atoms with Crippen molar-refractivity contribution in [1.82, 2.24) is 5.32 Å². The predicted molar refractivity (Wildman–Crippen MR) is 121 cm³/mol. The van der Waals surface area contributed by atoms with Gasteiger partial charge in [-0.05, 0) is 91.8 Å². The molecule has 6 heteroatoms. The van der Waals surface area contributed by atoms with Crippen LogP contribution in [-0.2, 0) is 14.4 Å². The van der Waals surface area contributed by atoms with E-state index < -0.39 is 5.97 Å². The monoisotopic (exact) mass is 447 g/mol. The number of hydrogen-bond donors (Lipinski definition) is 3. The van der Waals surface area contributed by atoms with E-state index in [1.54, 1.807) is 0 Å². The molecule has 0 radical (unpaired) electrons. The van der Waals surface area contributed by atoms with Gasteiger partial charge in [0.1, 0.15) is 12.3 Å². The number of fused-ring (bicyclic) bond motifs is 5. The summed E-state index contributed by atoms with van der Waals surface area (Å²) in [4.78, 5) is 36.1. The largest absolute Gasteiger partial charge is 0.480 e. The van der Waals surface area contributed by atoms with Crippen LogP contribution >= 0.6 is 0 Å². The fourth-order valence-corrected chi connectivity index (χ4v) is 8.71. The molecule has 0 heterocycles. The van der Waals surface area contributed by atoms with Crippen LogP contribution < -0.4 is 5.32 Å². The molecule has 0 aliphatic heterocycles. The highest BCUT2D eigenvalue weighted by Gasteiger charge is 2.62. The van der Waals surface area contributed by atoms with Gasteiger partial charge in [0.25, 0.3) is 0 Å². The summed E-state index contributed by atoms with van der Waals surface area (Å²) < 4.78 is 0. The van der Waals surface area contributed by atoms with E-state index in [2.05, 4.69) is 26.1 Å². The number of carbonyl (C=O) groups is 3. The lowest BCUT2D eigenvalue weighted by Gasteiger charge is -2.60. The molecule has 1 amide bonds. The molecular weight excluding hydrogens is 406 g/mol. The Balaban J connectivity index is 1.44. The second kappa shape index (κ2) is 8.73. The maximum atomic E-state index is 13.5. The van der Waals surface area contributed by atoms with Crippen molar-refractivity contribution in [2.45, 2.75) is 91.1 Å². The van der Waals surface area contributed by atoms with Crippen LogP contribution in [0.15, 0.2) is 0 Å². The second-order valence-corrected chi connectivity index (χ2v) is 12.0. The van der Waals surface area contributed by atoms with Crippen molar-refractivity contribution in [2.75, 3.05) is 6.54 Å². The Morgan fingerprint density at radius 1 is 1.09 bits per heavy atom. The summed E-state index contributed by atoms with van der Waals surface area (Å²) in [5.74, 6) is 1.52. The van der Waals surface area contributed by atoms with E-state index in [0.29, 0.717) is 48.2 Å². The minimum absolute atomic E-state index is 0.144. The molecule has 1 unspecified atom stereocenters. The van der Waals surface area contributed by atoms with Crippen molar-refractivity contribution in [3.8, 4) is 0 Å². The number of carboxylic acids is 1. The predicted octanol–water partition coefficient (Wildman–Crippen LogP) is 3.80. The van der Waals surface area contributed by atoms with Gasteiger partial charge in [-0.25, -0.2) is 0 Å². The molecule has 4 aliphatic rings. The number of aliphatic hydroxyl groups is 1. The summed E-state index contributed by atoms with van der Waals surface area (Å²) in [6.45, 7) is 6.72. The average Bonchev–Trinajstić information content (AvgIpc) is 3.09. The van der Waals surface area contributed by atoms with E-state index in [1.807, 2.05) is 0 Å². The van der Waals surface area contributed by atoms with Crippen LogP contribution in [0.25, 0.3) is 0 Å². The maximum Gasteiger partial charge on any atom is 0.322 e. The highest BCUT2D eigenvalue weighted by atomic mass is 16.4. The van der Waals surface area contributed by atoms with Crippen molar-refractivity contribution >= 4 is 17.7 Å². The van der Waals surface area contributed by atoms with E-state index >= 15 is 0 Å². The second-order valence-electron chi connectivity index (χ2n) is 12.0. The van der Waals surface area contributed by atoms with Crippen LogP contribution in [-0.4, -0.2) is 40.5 Å². The Morgan fingerprint density at radius 2 is 1.78 bits per heavy atom. The minimum Gasteiger partial charge on any atom is -0.480 e. The minimum atomic E-state index is -1.02. The molecule has 180 valence electrons. The third-order valence-corrected chi connectivity index (χ3v) is 10.5. The number of rotatable bonds is 6. The van der Waals surface area contributed by atoms with Gasteiger partial charge in [-0.15, -0.1) is 0 Å². The molecule has 9 atom stereocenters. The number of aliphatic hydroxyl groups excluding tert-OH is 1. The first kappa shape index (κ1) is 23.7. The quantitative estimate of drug-likeness (QED) is 0.575. The summed E-state index contributed by atoms with van der Waals surface area (Å²) in [5, 5.41) is 21.4. The molecule has 0 aromatic heterocycles. The smallest absolute Gasteiger partial charge is 0.322 e. The van der Waals surface area contributed by atoms with E-state index in [1.165, 1.54) is 0 Å². The zero-order chi connectivity index (χ0) is 23.3. The zero-order valence-electron chi connectivity index (χ0n) is 19.9. The van der Waals surface area contributed by atoms with E-state index in [9.17, 15) is 19.5 Å². The fraction of sp³-hybridized carbons (Fsp3) is 0.885. The standard InChI is InChI=1S/C26H41NO5/c1-15(4-7-22(30)27-14-23(31)32)18-5-6-19-24-20(9-11-26(18,19)3)25(2)10-8-17(28)12-16(25)13-21(24)29/h15-20,24,28H,4-14H2,1-3H3,(H,27,30)(H,31,32)/t15-,16?,17-,18-,19+,20+,24+,25+,26-/m1/s1. The molecule has 0 aromatic rings. The number of ketones is 1. The molecule has 4 aliphatic carbocycles. The summed E-state index contributed by atoms with van der Waals surface area (Å²) >= 11 is 0. The summed E-state index contributed by atoms with van der Waals surface area (Å²) in [7, 11) is 0. The van der Waals surface area contributed by atoms with Crippen LogP contribution in [0, 0.1) is 46.3 Å². The van der Waals surface area contributed by atoms with Gasteiger partial charge < -0.3 is 15.5 Å². The first-order valence-corrected chi connectivity index (χ1v) is 12.8. The van der Waals surface area contributed by atoms with Crippen molar-refractivity contribution in [2.24, 2.45) is 46.3 Å². The highest BCUT2D eigenvalue weighted by molar-refractivity contribution is 5.83. The molecule has 0 aromatic carbocycles. The molecular formula is C26H41NO5. The summed E-state index contributed by atoms with van der Waals surface area (Å²) in [6.07, 6.45) is 8.71. The number of nitrogens with one attached hydrogen (secondary N) is 1. The van der Waals surface area contributed by atoms with Gasteiger partial charge in [-0.1, -0.05) is 20.8 Å². The normalized spacial score (nSPS) is 44.2. The Morgan fingerprint density at radius 3 is 2.50 bits per heavy atom. The lowest BCUT2D eigenvalue weighted by atomic mass is 9.44. The van der Waals surface area contributed by atoms with Gasteiger partial charge >= 0.3 is 5.97 Å². The van der Waals surface area contributed by atoms with Crippen LogP contribution in [0.2, 0.25) is 0 Å². The molecule has 0 bridgehead atoms. The first-order valence-electron chi connectivity index (χ1n) is 12.8. The molecule has 6 nitrogen and oxygen atoms in total. The molecule has 0 saturated heterocycles. The van der Waals surface area contributed by atoms with Crippen LogP contribution in [0.1, 0.15) is 85.0 Å². The third-order valence-electron chi connectivity index (χ3n) is 10.5. The lowest BCUT2D eigenvalue weighted by Crippen LogP contribution is -2.57. The fourth-order valence-electron chi connectivity index (χ4n) is 8.71. The number of carboxylic acid groups (broad SMARTS) is 1. The Hall–Kier alpha value is -1.43. The van der Waals surface area contributed by atoms with Crippen LogP contribution in [0.3, 0.4) is 0 Å². The zero-order valence-corrected chi connectivity index (χ0v) is 19.9. The number of carbonyl (C=O) groups excluding carboxylic acids is 2. The van der Waals surface area contributed by atoms with Gasteiger partial charge in [-0.2, -0.15) is 0 Å².